The molecule has 0 radical (unpaired) electrons. The first kappa shape index (κ1) is 18.3. The largest absolute Gasteiger partial charge is 0.424 e. The van der Waals surface area contributed by atoms with E-state index in [1.807, 2.05) is 12.1 Å². The molecule has 1 rings (SSSR count). The summed E-state index contributed by atoms with van der Waals surface area (Å²) < 4.78 is 3.84. The molecule has 0 aromatic heterocycles. The van der Waals surface area contributed by atoms with Gasteiger partial charge in [0.05, 0.1) is 0 Å². The quantitative estimate of drug-likeness (QED) is 0.413. The molecular weight excluding hydrogens is 307 g/mol. The number of benzene rings is 1. The third-order valence-corrected chi connectivity index (χ3v) is 3.52. The van der Waals surface area contributed by atoms with Crippen LogP contribution in [0.15, 0.2) is 18.2 Å². The van der Waals surface area contributed by atoms with E-state index in [9.17, 15) is 4.79 Å². The van der Waals surface area contributed by atoms with Crippen LogP contribution in [-0.2, 0) is 15.6 Å². The maximum atomic E-state index is 11.9. The Morgan fingerprint density at radius 3 is 1.86 bits per heavy atom. The van der Waals surface area contributed by atoms with Crippen molar-refractivity contribution in [1.82, 2.24) is 0 Å². The highest BCUT2D eigenvalue weighted by Crippen LogP contribution is 2.36. The molecule has 0 bridgehead atoms. The molecule has 21 heavy (non-hydrogen) atoms. The zero-order valence-corrected chi connectivity index (χ0v) is 15.3. The van der Waals surface area contributed by atoms with E-state index in [0.717, 1.165) is 5.56 Å². The van der Waals surface area contributed by atoms with Gasteiger partial charge in [-0.1, -0.05) is 76.9 Å². The second-order valence-corrected chi connectivity index (χ2v) is 9.19. The molecule has 0 saturated carbocycles. The molecular formula is C17H24Cl2O2. The fraction of sp³-hybridized carbons (Fsp3) is 0.588. The summed E-state index contributed by atoms with van der Waals surface area (Å²) in [6.07, 6.45) is 0. The van der Waals surface area contributed by atoms with Crippen molar-refractivity contribution in [2.45, 2.75) is 63.6 Å². The lowest BCUT2D eigenvalue weighted by molar-refractivity contribution is -0.134. The zero-order chi connectivity index (χ0) is 16.6. The van der Waals surface area contributed by atoms with E-state index < -0.39 is 10.3 Å². The highest BCUT2D eigenvalue weighted by molar-refractivity contribution is 6.57. The van der Waals surface area contributed by atoms with Crippen LogP contribution in [-0.4, -0.2) is 10.3 Å². The number of ether oxygens (including phenoxy) is 1. The van der Waals surface area contributed by atoms with Crippen LogP contribution in [0.25, 0.3) is 0 Å². The fourth-order valence-electron chi connectivity index (χ4n) is 1.86. The maximum Gasteiger partial charge on any atom is 0.347 e. The van der Waals surface area contributed by atoms with Crippen molar-refractivity contribution in [3.63, 3.8) is 0 Å². The number of hydrogen-bond acceptors (Lipinski definition) is 2. The average molecular weight is 331 g/mol. The Hall–Kier alpha value is -0.730. The molecule has 118 valence electrons. The van der Waals surface area contributed by atoms with Crippen LogP contribution in [0.1, 0.15) is 59.6 Å². The lowest BCUT2D eigenvalue weighted by Gasteiger charge is -2.27. The highest BCUT2D eigenvalue weighted by Gasteiger charge is 2.32. The van der Waals surface area contributed by atoms with Crippen LogP contribution in [0.2, 0.25) is 0 Å². The minimum atomic E-state index is -1.56. The minimum Gasteiger partial charge on any atom is -0.424 e. The first-order valence-corrected chi connectivity index (χ1v) is 7.73. The lowest BCUT2D eigenvalue weighted by atomic mass is 9.80. The Bertz CT molecular complexity index is 529. The summed E-state index contributed by atoms with van der Waals surface area (Å²) in [5, 5.41) is 0. The van der Waals surface area contributed by atoms with Gasteiger partial charge in [-0.15, -0.1) is 0 Å². The van der Waals surface area contributed by atoms with Crippen molar-refractivity contribution in [3.05, 3.63) is 29.3 Å². The summed E-state index contributed by atoms with van der Waals surface area (Å²) >= 11 is 11.6. The number of alkyl halides is 2. The van der Waals surface area contributed by atoms with E-state index >= 15 is 0 Å². The van der Waals surface area contributed by atoms with Gasteiger partial charge in [-0.05, 0) is 29.4 Å². The van der Waals surface area contributed by atoms with Crippen molar-refractivity contribution < 1.29 is 9.53 Å². The van der Waals surface area contributed by atoms with E-state index in [-0.39, 0.29) is 10.8 Å². The molecule has 1 aromatic rings. The molecule has 0 fully saturated rings. The Labute approximate surface area is 137 Å². The Kier molecular flexibility index (Phi) is 5.07. The third kappa shape index (κ3) is 4.89. The third-order valence-electron chi connectivity index (χ3n) is 3.21. The molecule has 0 N–H and O–H groups in total. The predicted octanol–water partition coefficient (Wildman–Crippen LogP) is 5.38. The Morgan fingerprint density at radius 2 is 1.48 bits per heavy atom. The molecule has 0 aliphatic rings. The maximum absolute atomic E-state index is 11.9. The summed E-state index contributed by atoms with van der Waals surface area (Å²) in [5.41, 5.74) is 2.01. The summed E-state index contributed by atoms with van der Waals surface area (Å²) in [7, 11) is 0. The predicted molar refractivity (Wildman–Crippen MR) is 89.6 cm³/mol. The smallest absolute Gasteiger partial charge is 0.347 e. The van der Waals surface area contributed by atoms with Crippen LogP contribution >= 0.6 is 23.2 Å². The lowest BCUT2D eigenvalue weighted by Crippen LogP contribution is -2.28. The molecule has 0 heterocycles. The van der Waals surface area contributed by atoms with Gasteiger partial charge in [0.2, 0.25) is 4.33 Å². The average Bonchev–Trinajstić information content (AvgIpc) is 2.25. The normalized spacial score (nSPS) is 13.2. The molecule has 0 saturated heterocycles. The first-order chi connectivity index (χ1) is 9.23. The number of esters is 1. The van der Waals surface area contributed by atoms with Gasteiger partial charge in [0.15, 0.2) is 0 Å². The van der Waals surface area contributed by atoms with Gasteiger partial charge in [-0.3, -0.25) is 0 Å². The number of carbonyl (C=O) groups is 1. The molecule has 4 heteroatoms. The summed E-state index contributed by atoms with van der Waals surface area (Å²) in [4.78, 5) is 11.9. The molecule has 0 amide bonds. The van der Waals surface area contributed by atoms with Crippen LogP contribution in [0.4, 0.5) is 0 Å². The molecule has 2 nitrogen and oxygen atoms in total. The van der Waals surface area contributed by atoms with Crippen LogP contribution in [0.5, 0.6) is 5.75 Å². The van der Waals surface area contributed by atoms with E-state index in [2.05, 4.69) is 47.6 Å². The van der Waals surface area contributed by atoms with Gasteiger partial charge in [-0.2, -0.15) is 0 Å². The summed E-state index contributed by atoms with van der Waals surface area (Å²) in [6.45, 7) is 14.1. The summed E-state index contributed by atoms with van der Waals surface area (Å²) in [5.74, 6) is -0.159. The topological polar surface area (TPSA) is 26.3 Å². The number of rotatable bonds is 2. The van der Waals surface area contributed by atoms with Crippen LogP contribution in [0.3, 0.4) is 0 Å². The van der Waals surface area contributed by atoms with Gasteiger partial charge in [-0.25, -0.2) is 4.79 Å². The van der Waals surface area contributed by atoms with Crippen molar-refractivity contribution in [2.24, 2.45) is 0 Å². The van der Waals surface area contributed by atoms with Gasteiger partial charge >= 0.3 is 5.97 Å². The monoisotopic (exact) mass is 330 g/mol. The second kappa shape index (κ2) is 5.81. The SMILES string of the molecule is CC(Cl)(Cl)C(=O)Oc1ccc(C(C)(C)C)cc1C(C)(C)C. The van der Waals surface area contributed by atoms with E-state index in [1.165, 1.54) is 12.5 Å². The van der Waals surface area contributed by atoms with E-state index in [1.54, 1.807) is 0 Å². The Balaban J connectivity index is 3.31. The number of carbonyl (C=O) groups excluding carboxylic acids is 1. The molecule has 0 aliphatic carbocycles. The highest BCUT2D eigenvalue weighted by atomic mass is 35.5. The zero-order valence-electron chi connectivity index (χ0n) is 13.8. The van der Waals surface area contributed by atoms with Gasteiger partial charge in [0.25, 0.3) is 0 Å². The van der Waals surface area contributed by atoms with E-state index in [0.29, 0.717) is 5.75 Å². The number of hydrogen-bond donors (Lipinski definition) is 0. The van der Waals surface area contributed by atoms with Crippen molar-refractivity contribution in [2.75, 3.05) is 0 Å². The first-order valence-electron chi connectivity index (χ1n) is 6.98. The van der Waals surface area contributed by atoms with Crippen molar-refractivity contribution in [3.8, 4) is 5.75 Å². The molecule has 0 unspecified atom stereocenters. The number of halogens is 2. The van der Waals surface area contributed by atoms with Crippen LogP contribution < -0.4 is 4.74 Å². The molecule has 0 spiro atoms. The van der Waals surface area contributed by atoms with E-state index in [4.69, 9.17) is 27.9 Å². The van der Waals surface area contributed by atoms with Gasteiger partial charge < -0.3 is 4.74 Å². The second-order valence-electron chi connectivity index (χ2n) is 7.49. The standard InChI is InChI=1S/C17H24Cl2O2/c1-15(2,3)11-8-9-13(12(10-11)16(4,5)6)21-14(20)17(7,18)19/h8-10H,1-7H3. The molecule has 0 aliphatic heterocycles. The summed E-state index contributed by atoms with van der Waals surface area (Å²) in [6, 6.07) is 5.87. The fourth-order valence-corrected chi connectivity index (χ4v) is 1.94. The van der Waals surface area contributed by atoms with Crippen LogP contribution in [0, 0.1) is 0 Å². The van der Waals surface area contributed by atoms with Crippen molar-refractivity contribution >= 4 is 29.2 Å². The molecule has 0 atom stereocenters. The van der Waals surface area contributed by atoms with Gasteiger partial charge in [0.1, 0.15) is 5.75 Å². The van der Waals surface area contributed by atoms with Gasteiger partial charge in [0, 0.05) is 5.56 Å². The van der Waals surface area contributed by atoms with Crippen molar-refractivity contribution in [1.29, 1.82) is 0 Å². The minimum absolute atomic E-state index is 0.0238. The Morgan fingerprint density at radius 1 is 0.952 bits per heavy atom. The molecule has 1 aromatic carbocycles.